The van der Waals surface area contributed by atoms with Gasteiger partial charge in [0, 0.05) is 18.1 Å². The van der Waals surface area contributed by atoms with Gasteiger partial charge >= 0.3 is 0 Å². The molecule has 0 atom stereocenters. The zero-order valence-corrected chi connectivity index (χ0v) is 11.5. The summed E-state index contributed by atoms with van der Waals surface area (Å²) in [6.45, 7) is 12.1. The van der Waals surface area contributed by atoms with Crippen molar-refractivity contribution in [3.8, 4) is 0 Å². The van der Waals surface area contributed by atoms with Gasteiger partial charge in [0.1, 0.15) is 5.82 Å². The van der Waals surface area contributed by atoms with Gasteiger partial charge in [-0.25, -0.2) is 4.98 Å². The molecule has 1 aromatic heterocycles. The Labute approximate surface area is 104 Å². The lowest BCUT2D eigenvalue weighted by atomic mass is 10.1. The second-order valence-corrected chi connectivity index (χ2v) is 6.08. The molecule has 17 heavy (non-hydrogen) atoms. The van der Waals surface area contributed by atoms with Gasteiger partial charge < -0.3 is 10.2 Å². The van der Waals surface area contributed by atoms with Crippen LogP contribution in [0.3, 0.4) is 0 Å². The molecule has 1 aliphatic rings. The van der Waals surface area contributed by atoms with Crippen LogP contribution in [0.1, 0.15) is 40.2 Å². The van der Waals surface area contributed by atoms with E-state index in [1.54, 1.807) is 0 Å². The normalized spacial score (nSPS) is 15.3. The molecule has 0 aromatic carbocycles. The van der Waals surface area contributed by atoms with E-state index in [2.05, 4.69) is 55.9 Å². The molecule has 3 nitrogen and oxygen atoms in total. The van der Waals surface area contributed by atoms with E-state index in [-0.39, 0.29) is 5.54 Å². The van der Waals surface area contributed by atoms with Gasteiger partial charge in [0.25, 0.3) is 0 Å². The fourth-order valence-electron chi connectivity index (χ4n) is 2.33. The van der Waals surface area contributed by atoms with Crippen molar-refractivity contribution < 1.29 is 0 Å². The van der Waals surface area contributed by atoms with Gasteiger partial charge in [0.15, 0.2) is 0 Å². The van der Waals surface area contributed by atoms with Crippen molar-refractivity contribution in [3.63, 3.8) is 0 Å². The molecule has 2 heterocycles. The minimum atomic E-state index is 0.158. The lowest BCUT2D eigenvalue weighted by Gasteiger charge is -2.33. The number of nitrogens with one attached hydrogen (secondary N) is 1. The molecular weight excluding hydrogens is 210 g/mol. The number of pyridine rings is 1. The van der Waals surface area contributed by atoms with E-state index in [0.717, 1.165) is 24.5 Å². The van der Waals surface area contributed by atoms with Gasteiger partial charge in [-0.2, -0.15) is 0 Å². The number of fused-ring (bicyclic) bond motifs is 1. The van der Waals surface area contributed by atoms with Crippen LogP contribution in [0.4, 0.5) is 11.5 Å². The Morgan fingerprint density at radius 1 is 1.35 bits per heavy atom. The summed E-state index contributed by atoms with van der Waals surface area (Å²) in [7, 11) is 0. The number of rotatable bonds is 2. The van der Waals surface area contributed by atoms with Crippen LogP contribution in [-0.4, -0.2) is 23.1 Å². The number of anilines is 2. The number of aromatic nitrogens is 1. The monoisotopic (exact) mass is 233 g/mol. The quantitative estimate of drug-likeness (QED) is 0.851. The largest absolute Gasteiger partial charge is 0.382 e. The van der Waals surface area contributed by atoms with Gasteiger partial charge in [0.05, 0.1) is 11.9 Å². The Morgan fingerprint density at radius 2 is 2.06 bits per heavy atom. The highest BCUT2D eigenvalue weighted by Crippen LogP contribution is 2.32. The molecule has 0 spiro atoms. The highest BCUT2D eigenvalue weighted by molar-refractivity contribution is 5.59. The zero-order valence-electron chi connectivity index (χ0n) is 11.5. The van der Waals surface area contributed by atoms with Crippen LogP contribution >= 0.6 is 0 Å². The van der Waals surface area contributed by atoms with E-state index >= 15 is 0 Å². The summed E-state index contributed by atoms with van der Waals surface area (Å²) in [5.74, 6) is 1.16. The first-order valence-electron chi connectivity index (χ1n) is 6.41. The predicted molar refractivity (Wildman–Crippen MR) is 73.8 cm³/mol. The van der Waals surface area contributed by atoms with Crippen LogP contribution in [0, 0.1) is 0 Å². The minimum Gasteiger partial charge on any atom is -0.382 e. The smallest absolute Gasteiger partial charge is 0.132 e. The first kappa shape index (κ1) is 12.2. The van der Waals surface area contributed by atoms with Gasteiger partial charge in [-0.1, -0.05) is 0 Å². The molecule has 0 aliphatic carbocycles. The van der Waals surface area contributed by atoms with Crippen LogP contribution < -0.4 is 10.2 Å². The van der Waals surface area contributed by atoms with Gasteiger partial charge in [-0.05, 0) is 52.7 Å². The van der Waals surface area contributed by atoms with Crippen molar-refractivity contribution in [3.05, 3.63) is 17.8 Å². The first-order chi connectivity index (χ1) is 7.88. The van der Waals surface area contributed by atoms with Crippen molar-refractivity contribution in [2.75, 3.05) is 16.8 Å². The van der Waals surface area contributed by atoms with Crippen LogP contribution in [-0.2, 0) is 6.42 Å². The molecule has 0 amide bonds. The third-order valence-electron chi connectivity index (χ3n) is 3.07. The average Bonchev–Trinajstić information content (AvgIpc) is 2.58. The fraction of sp³-hybridized carbons (Fsp3) is 0.643. The highest BCUT2D eigenvalue weighted by atomic mass is 15.3. The fourth-order valence-corrected chi connectivity index (χ4v) is 2.33. The summed E-state index contributed by atoms with van der Waals surface area (Å²) in [5.41, 5.74) is 2.66. The second kappa shape index (κ2) is 4.21. The van der Waals surface area contributed by atoms with E-state index in [9.17, 15) is 0 Å². The summed E-state index contributed by atoms with van der Waals surface area (Å²) in [6, 6.07) is 2.70. The van der Waals surface area contributed by atoms with Crippen molar-refractivity contribution in [1.82, 2.24) is 4.98 Å². The third-order valence-corrected chi connectivity index (χ3v) is 3.07. The molecule has 0 bridgehead atoms. The van der Waals surface area contributed by atoms with Crippen molar-refractivity contribution in [2.24, 2.45) is 0 Å². The first-order valence-corrected chi connectivity index (χ1v) is 6.41. The SMILES string of the molecule is CC(C)Nc1cnc2c(c1)CCN2C(C)(C)C. The van der Waals surface area contributed by atoms with Gasteiger partial charge in [-0.3, -0.25) is 0 Å². The summed E-state index contributed by atoms with van der Waals surface area (Å²) in [5, 5.41) is 3.41. The highest BCUT2D eigenvalue weighted by Gasteiger charge is 2.29. The maximum Gasteiger partial charge on any atom is 0.132 e. The van der Waals surface area contributed by atoms with Crippen LogP contribution in [0.2, 0.25) is 0 Å². The van der Waals surface area contributed by atoms with Crippen LogP contribution in [0.5, 0.6) is 0 Å². The lowest BCUT2D eigenvalue weighted by molar-refractivity contribution is 0.514. The molecule has 0 saturated heterocycles. The van der Waals surface area contributed by atoms with Crippen molar-refractivity contribution >= 4 is 11.5 Å². The molecule has 0 unspecified atom stereocenters. The summed E-state index contributed by atoms with van der Waals surface area (Å²) >= 11 is 0. The summed E-state index contributed by atoms with van der Waals surface area (Å²) in [6.07, 6.45) is 3.05. The molecule has 3 heteroatoms. The molecule has 1 N–H and O–H groups in total. The standard InChI is InChI=1S/C14H23N3/c1-10(2)16-12-8-11-6-7-17(14(3,4)5)13(11)15-9-12/h8-10,16H,6-7H2,1-5H3. The lowest BCUT2D eigenvalue weighted by Crippen LogP contribution is -2.40. The third kappa shape index (κ3) is 2.54. The topological polar surface area (TPSA) is 28.2 Å². The molecule has 94 valence electrons. The van der Waals surface area contributed by atoms with E-state index in [0.29, 0.717) is 6.04 Å². The summed E-state index contributed by atoms with van der Waals surface area (Å²) < 4.78 is 0. The molecule has 1 aromatic rings. The molecule has 1 aliphatic heterocycles. The van der Waals surface area contributed by atoms with E-state index in [1.165, 1.54) is 5.56 Å². The average molecular weight is 233 g/mol. The van der Waals surface area contributed by atoms with Crippen molar-refractivity contribution in [2.45, 2.75) is 52.6 Å². The molecule has 0 radical (unpaired) electrons. The summed E-state index contributed by atoms with van der Waals surface area (Å²) in [4.78, 5) is 7.01. The Morgan fingerprint density at radius 3 is 2.65 bits per heavy atom. The molecular formula is C14H23N3. The molecule has 0 saturated carbocycles. The maximum absolute atomic E-state index is 4.62. The number of hydrogen-bond acceptors (Lipinski definition) is 3. The zero-order chi connectivity index (χ0) is 12.6. The number of nitrogens with zero attached hydrogens (tertiary/aromatic N) is 2. The molecule has 2 rings (SSSR count). The Kier molecular flexibility index (Phi) is 3.02. The number of hydrogen-bond donors (Lipinski definition) is 1. The molecule has 0 fully saturated rings. The van der Waals surface area contributed by atoms with Crippen LogP contribution in [0.15, 0.2) is 12.3 Å². The van der Waals surface area contributed by atoms with Gasteiger partial charge in [-0.15, -0.1) is 0 Å². The van der Waals surface area contributed by atoms with E-state index < -0.39 is 0 Å². The Bertz CT molecular complexity index is 404. The van der Waals surface area contributed by atoms with E-state index in [4.69, 9.17) is 0 Å². The minimum absolute atomic E-state index is 0.158. The second-order valence-electron chi connectivity index (χ2n) is 6.08. The van der Waals surface area contributed by atoms with Crippen LogP contribution in [0.25, 0.3) is 0 Å². The Balaban J connectivity index is 2.26. The predicted octanol–water partition coefficient (Wildman–Crippen LogP) is 3.06. The Hall–Kier alpha value is -1.25. The van der Waals surface area contributed by atoms with Gasteiger partial charge in [0.2, 0.25) is 0 Å². The van der Waals surface area contributed by atoms with Crippen molar-refractivity contribution in [1.29, 1.82) is 0 Å². The van der Waals surface area contributed by atoms with E-state index in [1.807, 2.05) is 6.20 Å². The maximum atomic E-state index is 4.62.